The highest BCUT2D eigenvalue weighted by Crippen LogP contribution is 2.28. The zero-order chi connectivity index (χ0) is 19.9. The largest absolute Gasteiger partial charge is 0.497 e. The van der Waals surface area contributed by atoms with Gasteiger partial charge in [-0.05, 0) is 42.0 Å². The third kappa shape index (κ3) is 4.86. The number of ether oxygens (including phenoxy) is 3. The Balaban J connectivity index is 1.50. The molecular formula is C21H27N3O4. The molecular weight excluding hydrogens is 358 g/mol. The highest BCUT2D eigenvalue weighted by Gasteiger charge is 2.21. The Labute approximate surface area is 165 Å². The van der Waals surface area contributed by atoms with Crippen molar-refractivity contribution in [3.63, 3.8) is 0 Å². The average Bonchev–Trinajstić information content (AvgIpc) is 2.74. The number of hydrogen-bond acceptors (Lipinski definition) is 5. The SMILES string of the molecule is COc1ccc(NC(=O)N2CCN(Cc3ccc(OC)c(OC)c3)CC2)cc1. The second-order valence-electron chi connectivity index (χ2n) is 6.61. The van der Waals surface area contributed by atoms with Gasteiger partial charge in [0.1, 0.15) is 5.75 Å². The molecule has 1 N–H and O–H groups in total. The number of nitrogens with zero attached hydrogens (tertiary/aromatic N) is 2. The van der Waals surface area contributed by atoms with Crippen LogP contribution in [-0.2, 0) is 6.54 Å². The van der Waals surface area contributed by atoms with E-state index in [2.05, 4.69) is 10.2 Å². The van der Waals surface area contributed by atoms with Gasteiger partial charge in [0, 0.05) is 38.4 Å². The fourth-order valence-electron chi connectivity index (χ4n) is 3.22. The van der Waals surface area contributed by atoms with Crippen LogP contribution in [0.1, 0.15) is 5.56 Å². The summed E-state index contributed by atoms with van der Waals surface area (Å²) < 4.78 is 15.8. The molecule has 28 heavy (non-hydrogen) atoms. The minimum absolute atomic E-state index is 0.0732. The summed E-state index contributed by atoms with van der Waals surface area (Å²) in [7, 11) is 4.89. The van der Waals surface area contributed by atoms with E-state index in [9.17, 15) is 4.79 Å². The van der Waals surface area contributed by atoms with Crippen molar-refractivity contribution >= 4 is 11.7 Å². The molecule has 7 nitrogen and oxygen atoms in total. The molecule has 0 unspecified atom stereocenters. The zero-order valence-electron chi connectivity index (χ0n) is 16.6. The van der Waals surface area contributed by atoms with Crippen LogP contribution >= 0.6 is 0 Å². The Morgan fingerprint density at radius 1 is 0.893 bits per heavy atom. The first-order valence-electron chi connectivity index (χ1n) is 9.26. The van der Waals surface area contributed by atoms with Crippen LogP contribution in [0.2, 0.25) is 0 Å². The molecule has 1 saturated heterocycles. The molecule has 0 aromatic heterocycles. The molecule has 0 saturated carbocycles. The monoisotopic (exact) mass is 385 g/mol. The Bertz CT molecular complexity index is 787. The van der Waals surface area contributed by atoms with Crippen LogP contribution in [0.3, 0.4) is 0 Å². The van der Waals surface area contributed by atoms with Gasteiger partial charge in [-0.15, -0.1) is 0 Å². The van der Waals surface area contributed by atoms with E-state index in [0.29, 0.717) is 13.1 Å². The predicted molar refractivity (Wildman–Crippen MR) is 108 cm³/mol. The molecule has 1 aliphatic rings. The fraction of sp³-hybridized carbons (Fsp3) is 0.381. The molecule has 0 spiro atoms. The lowest BCUT2D eigenvalue weighted by Gasteiger charge is -2.34. The first-order chi connectivity index (χ1) is 13.6. The van der Waals surface area contributed by atoms with Crippen molar-refractivity contribution in [3.8, 4) is 17.2 Å². The van der Waals surface area contributed by atoms with Crippen LogP contribution in [-0.4, -0.2) is 63.3 Å². The van der Waals surface area contributed by atoms with Crippen molar-refractivity contribution in [2.24, 2.45) is 0 Å². The summed E-state index contributed by atoms with van der Waals surface area (Å²) in [5.41, 5.74) is 1.92. The standard InChI is InChI=1S/C21H27N3O4/c1-26-18-7-5-17(6-8-18)22-21(25)24-12-10-23(11-13-24)15-16-4-9-19(27-2)20(14-16)28-3/h4-9,14H,10-13,15H2,1-3H3,(H,22,25). The predicted octanol–water partition coefficient (Wildman–Crippen LogP) is 3.06. The third-order valence-electron chi connectivity index (χ3n) is 4.85. The molecule has 7 heteroatoms. The minimum atomic E-state index is -0.0732. The molecule has 2 aromatic rings. The van der Waals surface area contributed by atoms with Gasteiger partial charge in [-0.25, -0.2) is 4.79 Å². The van der Waals surface area contributed by atoms with Crippen molar-refractivity contribution < 1.29 is 19.0 Å². The van der Waals surface area contributed by atoms with Gasteiger partial charge < -0.3 is 24.4 Å². The molecule has 0 aliphatic carbocycles. The Hall–Kier alpha value is -2.93. The van der Waals surface area contributed by atoms with Crippen LogP contribution in [0.4, 0.5) is 10.5 Å². The lowest BCUT2D eigenvalue weighted by atomic mass is 10.1. The smallest absolute Gasteiger partial charge is 0.321 e. The van der Waals surface area contributed by atoms with Crippen molar-refractivity contribution in [2.45, 2.75) is 6.54 Å². The van der Waals surface area contributed by atoms with Gasteiger partial charge in [0.25, 0.3) is 0 Å². The van der Waals surface area contributed by atoms with Gasteiger partial charge in [0.05, 0.1) is 21.3 Å². The van der Waals surface area contributed by atoms with Crippen molar-refractivity contribution in [2.75, 3.05) is 52.8 Å². The summed E-state index contributed by atoms with van der Waals surface area (Å²) in [6.45, 7) is 3.84. The zero-order valence-corrected chi connectivity index (χ0v) is 16.6. The number of carbonyl (C=O) groups is 1. The number of piperazine rings is 1. The van der Waals surface area contributed by atoms with E-state index in [1.54, 1.807) is 21.3 Å². The molecule has 3 rings (SSSR count). The maximum atomic E-state index is 12.5. The van der Waals surface area contributed by atoms with Crippen molar-refractivity contribution in [1.29, 1.82) is 0 Å². The van der Waals surface area contributed by atoms with Gasteiger partial charge >= 0.3 is 6.03 Å². The van der Waals surface area contributed by atoms with E-state index >= 15 is 0 Å². The summed E-state index contributed by atoms with van der Waals surface area (Å²) in [5, 5.41) is 2.94. The van der Waals surface area contributed by atoms with Gasteiger partial charge in [-0.3, -0.25) is 4.90 Å². The normalized spacial score (nSPS) is 14.5. The number of methoxy groups -OCH3 is 3. The maximum absolute atomic E-state index is 12.5. The average molecular weight is 385 g/mol. The van der Waals surface area contributed by atoms with E-state index in [1.807, 2.05) is 47.4 Å². The summed E-state index contributed by atoms with van der Waals surface area (Å²) in [6.07, 6.45) is 0. The molecule has 0 radical (unpaired) electrons. The van der Waals surface area contributed by atoms with E-state index in [1.165, 1.54) is 0 Å². The van der Waals surface area contributed by atoms with Gasteiger partial charge in [0.2, 0.25) is 0 Å². The van der Waals surface area contributed by atoms with Crippen LogP contribution in [0.15, 0.2) is 42.5 Å². The highest BCUT2D eigenvalue weighted by atomic mass is 16.5. The maximum Gasteiger partial charge on any atom is 0.321 e. The number of amides is 2. The third-order valence-corrected chi connectivity index (χ3v) is 4.85. The number of rotatable bonds is 6. The lowest BCUT2D eigenvalue weighted by Crippen LogP contribution is -2.49. The quantitative estimate of drug-likeness (QED) is 0.828. The summed E-state index contributed by atoms with van der Waals surface area (Å²) in [6, 6.07) is 13.2. The van der Waals surface area contributed by atoms with E-state index in [4.69, 9.17) is 14.2 Å². The molecule has 1 fully saturated rings. The Kier molecular flexibility index (Phi) is 6.60. The first kappa shape index (κ1) is 19.8. The summed E-state index contributed by atoms with van der Waals surface area (Å²) >= 11 is 0. The first-order valence-corrected chi connectivity index (χ1v) is 9.26. The second-order valence-corrected chi connectivity index (χ2v) is 6.61. The van der Waals surface area contributed by atoms with Crippen LogP contribution in [0, 0.1) is 0 Å². The molecule has 0 bridgehead atoms. The van der Waals surface area contributed by atoms with E-state index in [0.717, 1.165) is 48.1 Å². The number of nitrogens with one attached hydrogen (secondary N) is 1. The summed E-state index contributed by atoms with van der Waals surface area (Å²) in [5.74, 6) is 2.23. The van der Waals surface area contributed by atoms with Crippen LogP contribution in [0.5, 0.6) is 17.2 Å². The van der Waals surface area contributed by atoms with Crippen molar-refractivity contribution in [3.05, 3.63) is 48.0 Å². The van der Waals surface area contributed by atoms with Crippen LogP contribution in [0.25, 0.3) is 0 Å². The van der Waals surface area contributed by atoms with Gasteiger partial charge in [-0.1, -0.05) is 6.07 Å². The van der Waals surface area contributed by atoms with E-state index < -0.39 is 0 Å². The van der Waals surface area contributed by atoms with Crippen LogP contribution < -0.4 is 19.5 Å². The number of hydrogen-bond donors (Lipinski definition) is 1. The topological polar surface area (TPSA) is 63.3 Å². The highest BCUT2D eigenvalue weighted by molar-refractivity contribution is 5.89. The lowest BCUT2D eigenvalue weighted by molar-refractivity contribution is 0.143. The molecule has 2 amide bonds. The van der Waals surface area contributed by atoms with Crippen molar-refractivity contribution in [1.82, 2.24) is 9.80 Å². The fourth-order valence-corrected chi connectivity index (χ4v) is 3.22. The second kappa shape index (κ2) is 9.32. The number of carbonyl (C=O) groups excluding carboxylic acids is 1. The molecule has 1 heterocycles. The molecule has 2 aromatic carbocycles. The Morgan fingerprint density at radius 2 is 1.57 bits per heavy atom. The molecule has 1 aliphatic heterocycles. The molecule has 150 valence electrons. The minimum Gasteiger partial charge on any atom is -0.497 e. The summed E-state index contributed by atoms with van der Waals surface area (Å²) in [4.78, 5) is 16.6. The van der Waals surface area contributed by atoms with Gasteiger partial charge in [0.15, 0.2) is 11.5 Å². The molecule has 0 atom stereocenters. The Morgan fingerprint density at radius 3 is 2.18 bits per heavy atom. The number of benzene rings is 2. The number of anilines is 1. The van der Waals surface area contributed by atoms with E-state index in [-0.39, 0.29) is 6.03 Å². The number of urea groups is 1. The van der Waals surface area contributed by atoms with Gasteiger partial charge in [-0.2, -0.15) is 0 Å².